The fourth-order valence-corrected chi connectivity index (χ4v) is 2.03. The standard InChI is InChI=1S/C15H14BrNO3/c1-10(15(18)19)12-4-2-11(3-5-12)9-20-14-6-13(16)7-17-8-14/h2-8,10H,9H2,1H3,(H,18,19). The molecule has 0 saturated carbocycles. The molecule has 1 unspecified atom stereocenters. The first kappa shape index (κ1) is 14.5. The molecule has 1 N–H and O–H groups in total. The number of hydrogen-bond acceptors (Lipinski definition) is 3. The van der Waals surface area contributed by atoms with E-state index in [9.17, 15) is 4.79 Å². The second-order valence-electron chi connectivity index (χ2n) is 4.43. The Morgan fingerprint density at radius 3 is 2.65 bits per heavy atom. The normalized spacial score (nSPS) is 11.9. The summed E-state index contributed by atoms with van der Waals surface area (Å²) >= 11 is 3.33. The zero-order valence-electron chi connectivity index (χ0n) is 10.9. The van der Waals surface area contributed by atoms with Gasteiger partial charge in [0.1, 0.15) is 12.4 Å². The van der Waals surface area contributed by atoms with Crippen molar-refractivity contribution in [3.05, 3.63) is 58.3 Å². The van der Waals surface area contributed by atoms with Gasteiger partial charge in [-0.3, -0.25) is 9.78 Å². The second-order valence-corrected chi connectivity index (χ2v) is 5.34. The number of pyridine rings is 1. The molecule has 0 fully saturated rings. The summed E-state index contributed by atoms with van der Waals surface area (Å²) in [4.78, 5) is 14.9. The van der Waals surface area contributed by atoms with Gasteiger partial charge in [-0.25, -0.2) is 0 Å². The molecule has 1 aromatic carbocycles. The van der Waals surface area contributed by atoms with Gasteiger partial charge in [0, 0.05) is 10.7 Å². The minimum atomic E-state index is -0.825. The van der Waals surface area contributed by atoms with E-state index in [0.717, 1.165) is 15.6 Å². The molecule has 5 heteroatoms. The van der Waals surface area contributed by atoms with Crippen molar-refractivity contribution < 1.29 is 14.6 Å². The first-order valence-corrected chi connectivity index (χ1v) is 6.90. The third kappa shape index (κ3) is 3.81. The second kappa shape index (κ2) is 6.52. The van der Waals surface area contributed by atoms with Gasteiger partial charge in [-0.2, -0.15) is 0 Å². The average molecular weight is 336 g/mol. The van der Waals surface area contributed by atoms with Crippen LogP contribution in [0.25, 0.3) is 0 Å². The van der Waals surface area contributed by atoms with Crippen LogP contribution in [-0.4, -0.2) is 16.1 Å². The largest absolute Gasteiger partial charge is 0.487 e. The molecule has 1 heterocycles. The molecule has 0 bridgehead atoms. The molecule has 2 aromatic rings. The maximum absolute atomic E-state index is 10.9. The van der Waals surface area contributed by atoms with Crippen LogP contribution in [0.2, 0.25) is 0 Å². The van der Waals surface area contributed by atoms with Gasteiger partial charge in [0.2, 0.25) is 0 Å². The summed E-state index contributed by atoms with van der Waals surface area (Å²) in [6, 6.07) is 9.22. The highest BCUT2D eigenvalue weighted by molar-refractivity contribution is 9.10. The molecule has 0 amide bonds. The summed E-state index contributed by atoms with van der Waals surface area (Å²) < 4.78 is 6.47. The Bertz CT molecular complexity index is 598. The minimum Gasteiger partial charge on any atom is -0.487 e. The Morgan fingerprint density at radius 1 is 1.35 bits per heavy atom. The van der Waals surface area contributed by atoms with E-state index in [1.165, 1.54) is 0 Å². The van der Waals surface area contributed by atoms with Crippen LogP contribution in [0.4, 0.5) is 0 Å². The summed E-state index contributed by atoms with van der Waals surface area (Å²) in [5, 5.41) is 8.95. The van der Waals surface area contributed by atoms with Gasteiger partial charge in [-0.15, -0.1) is 0 Å². The van der Waals surface area contributed by atoms with Gasteiger partial charge in [-0.05, 0) is 40.0 Å². The number of aromatic nitrogens is 1. The van der Waals surface area contributed by atoms with E-state index >= 15 is 0 Å². The Balaban J connectivity index is 1.99. The molecule has 0 radical (unpaired) electrons. The predicted octanol–water partition coefficient (Wildman–Crippen LogP) is 3.61. The van der Waals surface area contributed by atoms with Crippen LogP contribution in [0.15, 0.2) is 47.2 Å². The van der Waals surface area contributed by atoms with Crippen molar-refractivity contribution in [1.82, 2.24) is 4.98 Å². The summed E-state index contributed by atoms with van der Waals surface area (Å²) in [6.45, 7) is 2.08. The van der Waals surface area contributed by atoms with Gasteiger partial charge in [0.15, 0.2) is 0 Å². The van der Waals surface area contributed by atoms with E-state index in [4.69, 9.17) is 9.84 Å². The quantitative estimate of drug-likeness (QED) is 0.906. The van der Waals surface area contributed by atoms with Crippen molar-refractivity contribution in [3.63, 3.8) is 0 Å². The highest BCUT2D eigenvalue weighted by atomic mass is 79.9. The van der Waals surface area contributed by atoms with Crippen molar-refractivity contribution in [2.24, 2.45) is 0 Å². The molecular formula is C15H14BrNO3. The van der Waals surface area contributed by atoms with E-state index in [0.29, 0.717) is 12.4 Å². The lowest BCUT2D eigenvalue weighted by Gasteiger charge is -2.09. The van der Waals surface area contributed by atoms with Gasteiger partial charge in [0.05, 0.1) is 12.1 Å². The maximum atomic E-state index is 10.9. The average Bonchev–Trinajstić information content (AvgIpc) is 2.45. The number of carbonyl (C=O) groups is 1. The number of hydrogen-bond donors (Lipinski definition) is 1. The first-order valence-electron chi connectivity index (χ1n) is 6.11. The minimum absolute atomic E-state index is 0.417. The zero-order valence-corrected chi connectivity index (χ0v) is 12.5. The molecule has 0 aliphatic heterocycles. The molecule has 2 rings (SSSR count). The monoisotopic (exact) mass is 335 g/mol. The molecule has 1 aromatic heterocycles. The van der Waals surface area contributed by atoms with Crippen molar-refractivity contribution in [1.29, 1.82) is 0 Å². The number of benzene rings is 1. The van der Waals surface area contributed by atoms with E-state index in [2.05, 4.69) is 20.9 Å². The number of carboxylic acid groups (broad SMARTS) is 1. The summed E-state index contributed by atoms with van der Waals surface area (Å²) in [5.41, 5.74) is 1.76. The molecule has 0 aliphatic carbocycles. The van der Waals surface area contributed by atoms with Crippen molar-refractivity contribution in [2.45, 2.75) is 19.4 Å². The summed E-state index contributed by atoms with van der Waals surface area (Å²) in [5.74, 6) is -0.643. The van der Waals surface area contributed by atoms with Crippen LogP contribution in [-0.2, 0) is 11.4 Å². The van der Waals surface area contributed by atoms with Crippen LogP contribution in [0.5, 0.6) is 5.75 Å². The lowest BCUT2D eigenvalue weighted by atomic mass is 10.0. The lowest BCUT2D eigenvalue weighted by molar-refractivity contribution is -0.138. The molecule has 0 saturated heterocycles. The van der Waals surface area contributed by atoms with Crippen LogP contribution >= 0.6 is 15.9 Å². The smallest absolute Gasteiger partial charge is 0.310 e. The number of rotatable bonds is 5. The van der Waals surface area contributed by atoms with Gasteiger partial charge in [-0.1, -0.05) is 24.3 Å². The van der Waals surface area contributed by atoms with Crippen LogP contribution < -0.4 is 4.74 Å². The molecule has 4 nitrogen and oxygen atoms in total. The number of carboxylic acids is 1. The van der Waals surface area contributed by atoms with Crippen LogP contribution in [0, 0.1) is 0 Å². The van der Waals surface area contributed by atoms with E-state index in [1.807, 2.05) is 30.3 Å². The number of aliphatic carboxylic acids is 1. The molecule has 1 atom stereocenters. The molecular weight excluding hydrogens is 322 g/mol. The Hall–Kier alpha value is -1.88. The Kier molecular flexibility index (Phi) is 4.74. The molecule has 20 heavy (non-hydrogen) atoms. The van der Waals surface area contributed by atoms with E-state index < -0.39 is 11.9 Å². The van der Waals surface area contributed by atoms with Gasteiger partial charge in [0.25, 0.3) is 0 Å². The highest BCUT2D eigenvalue weighted by Crippen LogP contribution is 2.19. The number of halogens is 1. The van der Waals surface area contributed by atoms with Crippen molar-refractivity contribution in [2.75, 3.05) is 0 Å². The molecule has 0 aliphatic rings. The van der Waals surface area contributed by atoms with E-state index in [-0.39, 0.29) is 0 Å². The SMILES string of the molecule is CC(C(=O)O)c1ccc(COc2cncc(Br)c2)cc1. The fraction of sp³-hybridized carbons (Fsp3) is 0.200. The summed E-state index contributed by atoms with van der Waals surface area (Å²) in [7, 11) is 0. The molecule has 104 valence electrons. The Labute approximate surface area is 125 Å². The first-order chi connectivity index (χ1) is 9.56. The van der Waals surface area contributed by atoms with Crippen molar-refractivity contribution >= 4 is 21.9 Å². The third-order valence-electron chi connectivity index (χ3n) is 2.94. The van der Waals surface area contributed by atoms with Crippen molar-refractivity contribution in [3.8, 4) is 5.75 Å². The van der Waals surface area contributed by atoms with Crippen LogP contribution in [0.1, 0.15) is 24.0 Å². The Morgan fingerprint density at radius 2 is 2.05 bits per heavy atom. The predicted molar refractivity (Wildman–Crippen MR) is 78.8 cm³/mol. The van der Waals surface area contributed by atoms with Gasteiger partial charge >= 0.3 is 5.97 Å². The number of nitrogens with zero attached hydrogens (tertiary/aromatic N) is 1. The fourth-order valence-electron chi connectivity index (χ4n) is 1.68. The van der Waals surface area contributed by atoms with E-state index in [1.54, 1.807) is 19.3 Å². The lowest BCUT2D eigenvalue weighted by Crippen LogP contribution is -2.07. The summed E-state index contributed by atoms with van der Waals surface area (Å²) in [6.07, 6.45) is 3.33. The number of ether oxygens (including phenoxy) is 1. The molecule has 0 spiro atoms. The topological polar surface area (TPSA) is 59.4 Å². The highest BCUT2D eigenvalue weighted by Gasteiger charge is 2.12. The van der Waals surface area contributed by atoms with Crippen LogP contribution in [0.3, 0.4) is 0 Å². The third-order valence-corrected chi connectivity index (χ3v) is 3.37. The zero-order chi connectivity index (χ0) is 14.5. The maximum Gasteiger partial charge on any atom is 0.310 e. The van der Waals surface area contributed by atoms with Gasteiger partial charge < -0.3 is 9.84 Å².